The molecular weight excluding hydrogens is 388 g/mol. The SMILES string of the molecule is COc1ccc(-c2cc(C(=O)NCCC(C)C)n3nc(-c4ccccc4)cc3n2)cc1. The Morgan fingerprint density at radius 1 is 1.00 bits per heavy atom. The smallest absolute Gasteiger partial charge is 0.270 e. The van der Waals surface area contributed by atoms with E-state index < -0.39 is 0 Å². The van der Waals surface area contributed by atoms with E-state index in [1.54, 1.807) is 17.7 Å². The third-order valence-electron chi connectivity index (χ3n) is 5.12. The van der Waals surface area contributed by atoms with Crippen LogP contribution >= 0.6 is 0 Å². The highest BCUT2D eigenvalue weighted by Crippen LogP contribution is 2.25. The molecule has 0 saturated heterocycles. The van der Waals surface area contributed by atoms with Crippen molar-refractivity contribution >= 4 is 11.6 Å². The molecular formula is C25H26N4O2. The summed E-state index contributed by atoms with van der Waals surface area (Å²) >= 11 is 0. The van der Waals surface area contributed by atoms with Crippen LogP contribution in [0, 0.1) is 5.92 Å². The maximum Gasteiger partial charge on any atom is 0.270 e. The number of rotatable bonds is 7. The van der Waals surface area contributed by atoms with Crippen molar-refractivity contribution in [3.8, 4) is 28.3 Å². The number of carbonyl (C=O) groups excluding carboxylic acids is 1. The van der Waals surface area contributed by atoms with Gasteiger partial charge in [-0.25, -0.2) is 9.50 Å². The van der Waals surface area contributed by atoms with E-state index in [0.717, 1.165) is 29.0 Å². The van der Waals surface area contributed by atoms with Crippen molar-refractivity contribution in [1.82, 2.24) is 19.9 Å². The topological polar surface area (TPSA) is 68.5 Å². The molecule has 0 atom stereocenters. The molecule has 2 aromatic heterocycles. The Bertz CT molecular complexity index is 1180. The zero-order valence-corrected chi connectivity index (χ0v) is 18.0. The van der Waals surface area contributed by atoms with E-state index in [1.807, 2.05) is 60.7 Å². The molecule has 0 bridgehead atoms. The molecule has 2 aromatic carbocycles. The second kappa shape index (κ2) is 9.00. The van der Waals surface area contributed by atoms with Gasteiger partial charge in [0.1, 0.15) is 11.4 Å². The Labute approximate surface area is 181 Å². The van der Waals surface area contributed by atoms with Gasteiger partial charge in [-0.2, -0.15) is 5.10 Å². The third-order valence-corrected chi connectivity index (χ3v) is 5.12. The standard InChI is InChI=1S/C25H26N4O2/c1-17(2)13-14-26-25(30)23-15-21(19-9-11-20(31-3)12-10-19)27-24-16-22(28-29(23)24)18-7-5-4-6-8-18/h4-12,15-17H,13-14H2,1-3H3,(H,26,30). The Morgan fingerprint density at radius 2 is 1.71 bits per heavy atom. The minimum absolute atomic E-state index is 0.162. The normalized spacial score (nSPS) is 11.1. The molecule has 1 N–H and O–H groups in total. The number of fused-ring (bicyclic) bond motifs is 1. The molecule has 0 aliphatic rings. The summed E-state index contributed by atoms with van der Waals surface area (Å²) in [5.74, 6) is 1.12. The fraction of sp³-hybridized carbons (Fsp3) is 0.240. The Balaban J connectivity index is 1.79. The quantitative estimate of drug-likeness (QED) is 0.469. The van der Waals surface area contributed by atoms with Crippen molar-refractivity contribution in [2.45, 2.75) is 20.3 Å². The van der Waals surface area contributed by atoms with Gasteiger partial charge in [-0.3, -0.25) is 4.79 Å². The van der Waals surface area contributed by atoms with Crippen LogP contribution in [0.5, 0.6) is 5.75 Å². The van der Waals surface area contributed by atoms with Crippen molar-refractivity contribution in [2.75, 3.05) is 13.7 Å². The predicted molar refractivity (Wildman–Crippen MR) is 122 cm³/mol. The highest BCUT2D eigenvalue weighted by Gasteiger charge is 2.17. The highest BCUT2D eigenvalue weighted by molar-refractivity contribution is 5.94. The lowest BCUT2D eigenvalue weighted by Crippen LogP contribution is -2.27. The van der Waals surface area contributed by atoms with Crippen LogP contribution in [0.1, 0.15) is 30.8 Å². The number of nitrogens with one attached hydrogen (secondary N) is 1. The van der Waals surface area contributed by atoms with Crippen molar-refractivity contribution in [3.05, 3.63) is 72.4 Å². The average Bonchev–Trinajstić information content (AvgIpc) is 3.23. The molecule has 2 heterocycles. The van der Waals surface area contributed by atoms with E-state index in [9.17, 15) is 4.79 Å². The zero-order chi connectivity index (χ0) is 21.8. The molecule has 0 unspecified atom stereocenters. The largest absolute Gasteiger partial charge is 0.497 e. The molecule has 158 valence electrons. The summed E-state index contributed by atoms with van der Waals surface area (Å²) in [6.45, 7) is 4.89. The van der Waals surface area contributed by atoms with Gasteiger partial charge in [-0.05, 0) is 42.7 Å². The van der Waals surface area contributed by atoms with Gasteiger partial charge in [0.05, 0.1) is 18.5 Å². The fourth-order valence-electron chi connectivity index (χ4n) is 3.36. The lowest BCUT2D eigenvalue weighted by atomic mass is 10.1. The highest BCUT2D eigenvalue weighted by atomic mass is 16.5. The minimum Gasteiger partial charge on any atom is -0.497 e. The fourth-order valence-corrected chi connectivity index (χ4v) is 3.36. The summed E-state index contributed by atoms with van der Waals surface area (Å²) in [5, 5.41) is 7.70. The van der Waals surface area contributed by atoms with E-state index in [1.165, 1.54) is 0 Å². The number of hydrogen-bond donors (Lipinski definition) is 1. The number of methoxy groups -OCH3 is 1. The summed E-state index contributed by atoms with van der Waals surface area (Å²) in [5.41, 5.74) is 4.45. The van der Waals surface area contributed by atoms with Crippen LogP contribution in [0.2, 0.25) is 0 Å². The van der Waals surface area contributed by atoms with Crippen LogP contribution < -0.4 is 10.1 Å². The van der Waals surface area contributed by atoms with Gasteiger partial charge >= 0.3 is 0 Å². The average molecular weight is 415 g/mol. The Hall–Kier alpha value is -3.67. The van der Waals surface area contributed by atoms with Crippen LogP contribution in [-0.4, -0.2) is 34.2 Å². The maximum atomic E-state index is 13.1. The van der Waals surface area contributed by atoms with Gasteiger partial charge in [0.2, 0.25) is 0 Å². The molecule has 0 radical (unpaired) electrons. The summed E-state index contributed by atoms with van der Waals surface area (Å²) in [6, 6.07) is 21.2. The summed E-state index contributed by atoms with van der Waals surface area (Å²) < 4.78 is 6.88. The van der Waals surface area contributed by atoms with Gasteiger partial charge in [0.25, 0.3) is 5.91 Å². The number of carbonyl (C=O) groups is 1. The maximum absolute atomic E-state index is 13.1. The lowest BCUT2D eigenvalue weighted by Gasteiger charge is -2.10. The summed E-state index contributed by atoms with van der Waals surface area (Å²) in [6.07, 6.45) is 0.916. The van der Waals surface area contributed by atoms with E-state index in [2.05, 4.69) is 24.3 Å². The number of amides is 1. The monoisotopic (exact) mass is 414 g/mol. The lowest BCUT2D eigenvalue weighted by molar-refractivity contribution is 0.0944. The predicted octanol–water partition coefficient (Wildman–Crippen LogP) is 4.85. The molecule has 0 aliphatic heterocycles. The van der Waals surface area contributed by atoms with Crippen molar-refractivity contribution in [2.24, 2.45) is 5.92 Å². The van der Waals surface area contributed by atoms with Crippen LogP contribution in [0.3, 0.4) is 0 Å². The van der Waals surface area contributed by atoms with Crippen LogP contribution in [0.15, 0.2) is 66.7 Å². The first kappa shape index (κ1) is 20.6. The summed E-state index contributed by atoms with van der Waals surface area (Å²) in [7, 11) is 1.64. The molecule has 6 nitrogen and oxygen atoms in total. The first-order valence-electron chi connectivity index (χ1n) is 10.4. The van der Waals surface area contributed by atoms with Gasteiger partial charge in [-0.1, -0.05) is 44.2 Å². The molecule has 0 spiro atoms. The van der Waals surface area contributed by atoms with Gasteiger partial charge in [0, 0.05) is 23.7 Å². The van der Waals surface area contributed by atoms with E-state index in [4.69, 9.17) is 9.72 Å². The van der Waals surface area contributed by atoms with Crippen LogP contribution in [0.25, 0.3) is 28.2 Å². The first-order valence-corrected chi connectivity index (χ1v) is 10.4. The second-order valence-electron chi connectivity index (χ2n) is 7.86. The molecule has 4 aromatic rings. The van der Waals surface area contributed by atoms with Crippen LogP contribution in [0.4, 0.5) is 0 Å². The summed E-state index contributed by atoms with van der Waals surface area (Å²) in [4.78, 5) is 17.8. The second-order valence-corrected chi connectivity index (χ2v) is 7.86. The van der Waals surface area contributed by atoms with Gasteiger partial charge in [-0.15, -0.1) is 0 Å². The van der Waals surface area contributed by atoms with Crippen molar-refractivity contribution in [3.63, 3.8) is 0 Å². The molecule has 0 fully saturated rings. The zero-order valence-electron chi connectivity index (χ0n) is 18.0. The Morgan fingerprint density at radius 3 is 2.39 bits per heavy atom. The molecule has 4 rings (SSSR count). The molecule has 1 amide bonds. The van der Waals surface area contributed by atoms with E-state index in [-0.39, 0.29) is 5.91 Å². The molecule has 0 aliphatic carbocycles. The van der Waals surface area contributed by atoms with Gasteiger partial charge in [0.15, 0.2) is 5.65 Å². The number of ether oxygens (including phenoxy) is 1. The van der Waals surface area contributed by atoms with Crippen molar-refractivity contribution in [1.29, 1.82) is 0 Å². The minimum atomic E-state index is -0.162. The van der Waals surface area contributed by atoms with Gasteiger partial charge < -0.3 is 10.1 Å². The first-order chi connectivity index (χ1) is 15.0. The molecule has 6 heteroatoms. The third kappa shape index (κ3) is 4.58. The molecule has 0 saturated carbocycles. The number of hydrogen-bond acceptors (Lipinski definition) is 4. The number of benzene rings is 2. The number of nitrogens with zero attached hydrogens (tertiary/aromatic N) is 3. The Kier molecular flexibility index (Phi) is 5.98. The van der Waals surface area contributed by atoms with E-state index in [0.29, 0.717) is 29.5 Å². The van der Waals surface area contributed by atoms with Crippen LogP contribution in [-0.2, 0) is 0 Å². The number of aromatic nitrogens is 3. The van der Waals surface area contributed by atoms with E-state index >= 15 is 0 Å². The van der Waals surface area contributed by atoms with Crippen molar-refractivity contribution < 1.29 is 9.53 Å². The molecule has 31 heavy (non-hydrogen) atoms.